The fourth-order valence-corrected chi connectivity index (χ4v) is 4.00. The van der Waals surface area contributed by atoms with Crippen LogP contribution in [-0.4, -0.2) is 45.2 Å². The molecule has 0 radical (unpaired) electrons. The monoisotopic (exact) mass is 303 g/mol. The maximum Gasteiger partial charge on any atom is 0.299 e. The zero-order valence-corrected chi connectivity index (χ0v) is 12.4. The molecular weight excluding hydrogens is 286 g/mol. The van der Waals surface area contributed by atoms with Gasteiger partial charge in [-0.05, 0) is 25.3 Å². The highest BCUT2D eigenvalue weighted by Crippen LogP contribution is 2.36. The number of nitrogens with zero attached hydrogens (tertiary/aromatic N) is 4. The molecule has 2 aromatic heterocycles. The zero-order valence-electron chi connectivity index (χ0n) is 11.6. The first kappa shape index (κ1) is 13.0. The summed E-state index contributed by atoms with van der Waals surface area (Å²) >= 11 is 1.39. The molecule has 2 aliphatic heterocycles. The Morgan fingerprint density at radius 2 is 2.33 bits per heavy atom. The molecule has 0 saturated carbocycles. The second-order valence-electron chi connectivity index (χ2n) is 5.93. The fraction of sp³-hybridized carbons (Fsp3) is 0.500. The van der Waals surface area contributed by atoms with Gasteiger partial charge in [0.2, 0.25) is 0 Å². The van der Waals surface area contributed by atoms with Crippen molar-refractivity contribution >= 4 is 23.1 Å². The van der Waals surface area contributed by atoms with Crippen molar-refractivity contribution in [2.24, 2.45) is 5.92 Å². The van der Waals surface area contributed by atoms with E-state index in [2.05, 4.69) is 15.0 Å². The third-order valence-electron chi connectivity index (χ3n) is 4.48. The first-order chi connectivity index (χ1) is 10.2. The molecule has 2 N–H and O–H groups in total. The lowest BCUT2D eigenvalue weighted by atomic mass is 9.89. The molecule has 21 heavy (non-hydrogen) atoms. The van der Waals surface area contributed by atoms with E-state index in [1.807, 2.05) is 6.07 Å². The summed E-state index contributed by atoms with van der Waals surface area (Å²) in [5, 5.41) is 6.18. The van der Waals surface area contributed by atoms with Crippen molar-refractivity contribution < 1.29 is 4.79 Å². The molecule has 4 rings (SSSR count). The maximum atomic E-state index is 12.3. The predicted molar refractivity (Wildman–Crippen MR) is 80.4 cm³/mol. The number of aromatic nitrogens is 3. The van der Waals surface area contributed by atoms with Crippen LogP contribution >= 0.6 is 11.3 Å². The van der Waals surface area contributed by atoms with Crippen LogP contribution in [0.3, 0.4) is 0 Å². The molecule has 2 bridgehead atoms. The normalized spacial score (nSPS) is 27.9. The van der Waals surface area contributed by atoms with E-state index in [-0.39, 0.29) is 5.91 Å². The summed E-state index contributed by atoms with van der Waals surface area (Å²) in [7, 11) is 0. The summed E-state index contributed by atoms with van der Waals surface area (Å²) in [5.41, 5.74) is 8.96. The van der Waals surface area contributed by atoms with Crippen molar-refractivity contribution in [2.45, 2.75) is 18.8 Å². The number of nitrogens with two attached hydrogens (primary N) is 1. The van der Waals surface area contributed by atoms with Gasteiger partial charge in [-0.1, -0.05) is 0 Å². The van der Waals surface area contributed by atoms with Crippen molar-refractivity contribution in [3.8, 4) is 0 Å². The van der Waals surface area contributed by atoms with Gasteiger partial charge in [0.05, 0.1) is 11.2 Å². The number of carbonyl (C=O) groups is 1. The molecule has 3 unspecified atom stereocenters. The molecule has 2 fully saturated rings. The zero-order chi connectivity index (χ0) is 14.4. The number of piperidine rings is 1. The van der Waals surface area contributed by atoms with Crippen LogP contribution in [0.5, 0.6) is 0 Å². The van der Waals surface area contributed by atoms with E-state index in [1.54, 1.807) is 10.9 Å². The van der Waals surface area contributed by atoms with Gasteiger partial charge in [-0.15, -0.1) is 11.3 Å². The van der Waals surface area contributed by atoms with E-state index < -0.39 is 0 Å². The van der Waals surface area contributed by atoms with Gasteiger partial charge in [0.1, 0.15) is 11.5 Å². The maximum absolute atomic E-state index is 12.3. The Balaban J connectivity index is 1.61. The molecular formula is C14H17N5OS. The first-order valence-electron chi connectivity index (χ1n) is 7.21. The number of rotatable bonds is 2. The molecule has 110 valence electrons. The number of nitrogen functional groups attached to an aromatic ring is 1. The van der Waals surface area contributed by atoms with Gasteiger partial charge in [0, 0.05) is 30.5 Å². The number of hydrogen-bond acceptors (Lipinski definition) is 6. The summed E-state index contributed by atoms with van der Waals surface area (Å²) in [6, 6.07) is 1.85. The lowest BCUT2D eigenvalue weighted by molar-refractivity contribution is 0.0942. The van der Waals surface area contributed by atoms with Crippen LogP contribution in [0, 0.1) is 5.92 Å². The molecule has 3 atom stereocenters. The van der Waals surface area contributed by atoms with E-state index in [4.69, 9.17) is 5.73 Å². The highest BCUT2D eigenvalue weighted by Gasteiger charge is 2.34. The topological polar surface area (TPSA) is 77.0 Å². The van der Waals surface area contributed by atoms with Gasteiger partial charge in [-0.25, -0.2) is 4.98 Å². The summed E-state index contributed by atoms with van der Waals surface area (Å²) in [6.07, 6.45) is 2.43. The third kappa shape index (κ3) is 2.26. The van der Waals surface area contributed by atoms with Crippen LogP contribution in [0.2, 0.25) is 0 Å². The van der Waals surface area contributed by atoms with Crippen LogP contribution in [0.25, 0.3) is 0 Å². The van der Waals surface area contributed by atoms with Gasteiger partial charge in [0.15, 0.2) is 0 Å². The van der Waals surface area contributed by atoms with Gasteiger partial charge >= 0.3 is 0 Å². The minimum Gasteiger partial charge on any atom is -0.383 e. The Hall–Kier alpha value is -1.73. The molecule has 0 aromatic carbocycles. The van der Waals surface area contributed by atoms with Gasteiger partial charge in [-0.2, -0.15) is 9.78 Å². The number of fused-ring (bicyclic) bond motifs is 2. The lowest BCUT2D eigenvalue weighted by Crippen LogP contribution is -2.32. The molecule has 0 aliphatic carbocycles. The van der Waals surface area contributed by atoms with E-state index in [9.17, 15) is 4.79 Å². The Labute approximate surface area is 126 Å². The minimum absolute atomic E-state index is 0.251. The number of thiazole rings is 1. The van der Waals surface area contributed by atoms with Crippen molar-refractivity contribution in [2.75, 3.05) is 25.4 Å². The Bertz CT molecular complexity index is 653. The average molecular weight is 303 g/mol. The Kier molecular flexibility index (Phi) is 3.04. The number of anilines is 1. The van der Waals surface area contributed by atoms with Gasteiger partial charge in [0.25, 0.3) is 5.91 Å². The molecule has 2 aromatic rings. The number of hydrogen-bond donors (Lipinski definition) is 1. The summed E-state index contributed by atoms with van der Waals surface area (Å²) in [4.78, 5) is 18.8. The standard InChI is InChI=1S/C14H17N5OS/c15-13-4-11(10-3-9-1-2-18(5-9)6-10)17-19(13)14(20)12-7-21-8-16-12/h4,7-10H,1-3,5-6,15H2. The molecule has 0 spiro atoms. The van der Waals surface area contributed by atoms with Crippen LogP contribution in [0.1, 0.15) is 34.9 Å². The quantitative estimate of drug-likeness (QED) is 0.908. The summed E-state index contributed by atoms with van der Waals surface area (Å²) in [5.74, 6) is 1.30. The first-order valence-corrected chi connectivity index (χ1v) is 8.15. The van der Waals surface area contributed by atoms with Gasteiger partial charge < -0.3 is 10.6 Å². The summed E-state index contributed by atoms with van der Waals surface area (Å²) in [6.45, 7) is 3.43. The highest BCUT2D eigenvalue weighted by atomic mass is 32.1. The molecule has 4 heterocycles. The predicted octanol–water partition coefficient (Wildman–Crippen LogP) is 1.42. The lowest BCUT2D eigenvalue weighted by Gasteiger charge is -2.28. The van der Waals surface area contributed by atoms with Crippen molar-refractivity contribution in [3.63, 3.8) is 0 Å². The van der Waals surface area contributed by atoms with E-state index in [1.165, 1.54) is 35.5 Å². The molecule has 0 amide bonds. The Morgan fingerprint density at radius 1 is 1.43 bits per heavy atom. The van der Waals surface area contributed by atoms with Crippen LogP contribution in [0.4, 0.5) is 5.82 Å². The largest absolute Gasteiger partial charge is 0.383 e. The fourth-order valence-electron chi connectivity index (χ4n) is 3.48. The third-order valence-corrected chi connectivity index (χ3v) is 5.07. The Morgan fingerprint density at radius 3 is 3.10 bits per heavy atom. The summed E-state index contributed by atoms with van der Waals surface area (Å²) < 4.78 is 1.29. The van der Waals surface area contributed by atoms with Crippen molar-refractivity contribution in [1.29, 1.82) is 0 Å². The molecule has 7 heteroatoms. The van der Waals surface area contributed by atoms with E-state index in [0.717, 1.165) is 24.6 Å². The molecule has 6 nitrogen and oxygen atoms in total. The van der Waals surface area contributed by atoms with Crippen LogP contribution in [0.15, 0.2) is 17.0 Å². The molecule has 2 aliphatic rings. The number of carbonyl (C=O) groups excluding carboxylic acids is 1. The van der Waals surface area contributed by atoms with E-state index in [0.29, 0.717) is 17.4 Å². The van der Waals surface area contributed by atoms with E-state index >= 15 is 0 Å². The smallest absolute Gasteiger partial charge is 0.299 e. The van der Waals surface area contributed by atoms with Gasteiger partial charge in [-0.3, -0.25) is 4.79 Å². The van der Waals surface area contributed by atoms with Crippen LogP contribution in [-0.2, 0) is 0 Å². The SMILES string of the molecule is Nc1cc(C2CC3CCN(C3)C2)nn1C(=O)c1cscn1. The minimum atomic E-state index is -0.251. The average Bonchev–Trinajstić information content (AvgIpc) is 3.19. The van der Waals surface area contributed by atoms with Crippen molar-refractivity contribution in [3.05, 3.63) is 28.3 Å². The highest BCUT2D eigenvalue weighted by molar-refractivity contribution is 7.07. The van der Waals surface area contributed by atoms with Crippen LogP contribution < -0.4 is 5.73 Å². The second-order valence-corrected chi connectivity index (χ2v) is 6.65. The second kappa shape index (κ2) is 4.92. The molecule has 2 saturated heterocycles. The van der Waals surface area contributed by atoms with Crippen molar-refractivity contribution in [1.82, 2.24) is 19.7 Å².